The molecule has 0 aliphatic carbocycles. The minimum absolute atomic E-state index is 0.0396. The van der Waals surface area contributed by atoms with E-state index in [0.29, 0.717) is 29.8 Å². The highest BCUT2D eigenvalue weighted by molar-refractivity contribution is 6.35. The number of aliphatic carboxylic acids is 1. The third-order valence-electron chi connectivity index (χ3n) is 5.34. The molecule has 1 amide bonds. The minimum Gasteiger partial charge on any atom is -0.503 e. The molecule has 0 bridgehead atoms. The Morgan fingerprint density at radius 1 is 1.03 bits per heavy atom. The first-order chi connectivity index (χ1) is 15.8. The summed E-state index contributed by atoms with van der Waals surface area (Å²) < 4.78 is 0. The number of benzene rings is 2. The molecule has 0 radical (unpaired) electrons. The number of carboxylic acid groups (broad SMARTS) is 1. The van der Waals surface area contributed by atoms with Gasteiger partial charge in [-0.25, -0.2) is 0 Å². The van der Waals surface area contributed by atoms with Crippen molar-refractivity contribution in [3.63, 3.8) is 0 Å². The number of hydrogen-bond acceptors (Lipinski definition) is 4. The number of halogens is 2. The van der Waals surface area contributed by atoms with Crippen molar-refractivity contribution >= 4 is 46.9 Å². The van der Waals surface area contributed by atoms with Crippen molar-refractivity contribution in [3.05, 3.63) is 87.1 Å². The van der Waals surface area contributed by atoms with Crippen LogP contribution < -0.4 is 0 Å². The maximum atomic E-state index is 13.1. The first-order valence-corrected chi connectivity index (χ1v) is 11.2. The predicted molar refractivity (Wildman–Crippen MR) is 127 cm³/mol. The highest BCUT2D eigenvalue weighted by Gasteiger charge is 2.43. The molecule has 0 aromatic heterocycles. The van der Waals surface area contributed by atoms with Gasteiger partial charge in [0.15, 0.2) is 11.5 Å². The molecule has 2 N–H and O–H groups in total. The second kappa shape index (κ2) is 11.2. The summed E-state index contributed by atoms with van der Waals surface area (Å²) in [5.74, 6) is -2.66. The highest BCUT2D eigenvalue weighted by atomic mass is 35.5. The lowest BCUT2D eigenvalue weighted by molar-refractivity contribution is -0.137. The van der Waals surface area contributed by atoms with Crippen LogP contribution in [0.1, 0.15) is 42.9 Å². The van der Waals surface area contributed by atoms with E-state index in [9.17, 15) is 19.5 Å². The highest BCUT2D eigenvalue weighted by Crippen LogP contribution is 2.41. The molecule has 6 nitrogen and oxygen atoms in total. The number of ketones is 1. The van der Waals surface area contributed by atoms with Crippen molar-refractivity contribution < 1.29 is 24.6 Å². The van der Waals surface area contributed by atoms with Crippen LogP contribution in [-0.2, 0) is 14.4 Å². The molecule has 0 saturated heterocycles. The molecule has 0 saturated carbocycles. The van der Waals surface area contributed by atoms with Gasteiger partial charge in [-0.2, -0.15) is 0 Å². The lowest BCUT2D eigenvalue weighted by Crippen LogP contribution is -2.32. The van der Waals surface area contributed by atoms with Crippen molar-refractivity contribution in [1.82, 2.24) is 4.90 Å². The van der Waals surface area contributed by atoms with E-state index in [1.54, 1.807) is 18.2 Å². The van der Waals surface area contributed by atoms with Gasteiger partial charge in [0, 0.05) is 23.0 Å². The molecule has 1 atom stereocenters. The summed E-state index contributed by atoms with van der Waals surface area (Å²) in [4.78, 5) is 38.1. The van der Waals surface area contributed by atoms with Gasteiger partial charge in [0.05, 0.1) is 11.6 Å². The van der Waals surface area contributed by atoms with Crippen molar-refractivity contribution in [2.45, 2.75) is 31.7 Å². The van der Waals surface area contributed by atoms with Gasteiger partial charge in [-0.15, -0.1) is 0 Å². The van der Waals surface area contributed by atoms with Gasteiger partial charge in [-0.1, -0.05) is 72.1 Å². The average molecular weight is 488 g/mol. The number of amides is 1. The van der Waals surface area contributed by atoms with Crippen LogP contribution in [0.25, 0.3) is 6.08 Å². The smallest absolute Gasteiger partial charge is 0.303 e. The number of carbonyl (C=O) groups is 3. The number of aliphatic hydroxyl groups excluding tert-OH is 1. The third kappa shape index (κ3) is 6.03. The Labute approximate surface area is 201 Å². The molecule has 2 aromatic carbocycles. The fourth-order valence-corrected chi connectivity index (χ4v) is 4.26. The number of hydrogen-bond donors (Lipinski definition) is 2. The van der Waals surface area contributed by atoms with Crippen LogP contribution in [0.4, 0.5) is 0 Å². The molecular formula is C25H23Cl2NO5. The van der Waals surface area contributed by atoms with E-state index in [2.05, 4.69) is 0 Å². The van der Waals surface area contributed by atoms with E-state index in [1.807, 2.05) is 30.3 Å². The molecular weight excluding hydrogens is 465 g/mol. The molecule has 172 valence electrons. The van der Waals surface area contributed by atoms with Gasteiger partial charge in [0.2, 0.25) is 0 Å². The Bertz CT molecular complexity index is 1110. The Morgan fingerprint density at radius 2 is 1.76 bits per heavy atom. The summed E-state index contributed by atoms with van der Waals surface area (Å²) in [5, 5.41) is 20.1. The maximum absolute atomic E-state index is 13.1. The van der Waals surface area contributed by atoms with Crippen LogP contribution in [0.2, 0.25) is 10.0 Å². The van der Waals surface area contributed by atoms with Crippen molar-refractivity contribution in [2.24, 2.45) is 0 Å². The van der Waals surface area contributed by atoms with Gasteiger partial charge < -0.3 is 15.1 Å². The zero-order valence-electron chi connectivity index (χ0n) is 17.7. The van der Waals surface area contributed by atoms with Gasteiger partial charge in [0.1, 0.15) is 0 Å². The minimum atomic E-state index is -0.880. The number of aliphatic hydroxyl groups is 1. The third-order valence-corrected chi connectivity index (χ3v) is 5.91. The molecule has 0 fully saturated rings. The van der Waals surface area contributed by atoms with E-state index in [1.165, 1.54) is 17.0 Å². The SMILES string of the molecule is O=C(O)CCCCCN1C(=O)C(O)=C(C(=O)/C=C/c2ccccc2)[C@H]1c1ccc(Cl)cc1Cl. The Hall–Kier alpha value is -3.09. The Balaban J connectivity index is 1.90. The normalized spacial score (nSPS) is 16.1. The molecule has 33 heavy (non-hydrogen) atoms. The number of allylic oxidation sites excluding steroid dienone is 1. The predicted octanol–water partition coefficient (Wildman–Crippen LogP) is 5.62. The van der Waals surface area contributed by atoms with E-state index in [-0.39, 0.29) is 23.6 Å². The zero-order chi connectivity index (χ0) is 24.0. The van der Waals surface area contributed by atoms with Gasteiger partial charge in [0.25, 0.3) is 5.91 Å². The van der Waals surface area contributed by atoms with Crippen LogP contribution in [0.5, 0.6) is 0 Å². The summed E-state index contributed by atoms with van der Waals surface area (Å²) in [6.45, 7) is 0.227. The summed E-state index contributed by atoms with van der Waals surface area (Å²) in [5.41, 5.74) is 1.22. The quantitative estimate of drug-likeness (QED) is 0.335. The van der Waals surface area contributed by atoms with Crippen LogP contribution in [-0.4, -0.2) is 39.3 Å². The van der Waals surface area contributed by atoms with E-state index in [0.717, 1.165) is 5.56 Å². The molecule has 3 rings (SSSR count). The number of unbranched alkanes of at least 4 members (excludes halogenated alkanes) is 2. The van der Waals surface area contributed by atoms with E-state index in [4.69, 9.17) is 28.3 Å². The molecule has 0 spiro atoms. The molecule has 1 aliphatic heterocycles. The van der Waals surface area contributed by atoms with Crippen molar-refractivity contribution in [3.8, 4) is 0 Å². The van der Waals surface area contributed by atoms with E-state index >= 15 is 0 Å². The van der Waals surface area contributed by atoms with Crippen molar-refractivity contribution in [2.75, 3.05) is 6.54 Å². The fraction of sp³-hybridized carbons (Fsp3) is 0.240. The molecule has 1 aliphatic rings. The summed E-state index contributed by atoms with van der Waals surface area (Å²) in [7, 11) is 0. The number of carbonyl (C=O) groups excluding carboxylic acids is 2. The van der Waals surface area contributed by atoms with Gasteiger partial charge in [-0.05, 0) is 42.2 Å². The maximum Gasteiger partial charge on any atom is 0.303 e. The lowest BCUT2D eigenvalue weighted by atomic mass is 9.95. The number of nitrogens with zero attached hydrogens (tertiary/aromatic N) is 1. The van der Waals surface area contributed by atoms with Gasteiger partial charge in [-0.3, -0.25) is 14.4 Å². The largest absolute Gasteiger partial charge is 0.503 e. The molecule has 0 unspecified atom stereocenters. The molecule has 2 aromatic rings. The Morgan fingerprint density at radius 3 is 2.42 bits per heavy atom. The fourth-order valence-electron chi connectivity index (χ4n) is 3.74. The average Bonchev–Trinajstić information content (AvgIpc) is 3.02. The van der Waals surface area contributed by atoms with E-state index < -0.39 is 29.5 Å². The summed E-state index contributed by atoms with van der Waals surface area (Å²) in [6, 6.07) is 13.1. The van der Waals surface area contributed by atoms with Crippen LogP contribution >= 0.6 is 23.2 Å². The first kappa shape index (κ1) is 24.6. The second-order valence-electron chi connectivity index (χ2n) is 7.64. The van der Waals surface area contributed by atoms with Crippen molar-refractivity contribution in [1.29, 1.82) is 0 Å². The van der Waals surface area contributed by atoms with Gasteiger partial charge >= 0.3 is 5.97 Å². The number of rotatable bonds is 10. The Kier molecular flexibility index (Phi) is 8.31. The van der Waals surface area contributed by atoms with Crippen LogP contribution in [0, 0.1) is 0 Å². The number of carboxylic acids is 1. The lowest BCUT2D eigenvalue weighted by Gasteiger charge is -2.27. The molecule has 8 heteroatoms. The summed E-state index contributed by atoms with van der Waals surface area (Å²) in [6.07, 6.45) is 4.53. The summed E-state index contributed by atoms with van der Waals surface area (Å²) >= 11 is 12.4. The zero-order valence-corrected chi connectivity index (χ0v) is 19.2. The standard InChI is InChI=1S/C25H23Cl2NO5/c26-17-11-12-18(19(27)15-17)23-22(20(29)13-10-16-7-3-1-4-8-16)24(32)25(33)28(23)14-6-2-5-9-21(30)31/h1,3-4,7-8,10-13,15,23,32H,2,5-6,9,14H2,(H,30,31)/b13-10+/t23-/m1/s1. The second-order valence-corrected chi connectivity index (χ2v) is 8.49. The van der Waals surface area contributed by atoms with Crippen LogP contribution in [0.15, 0.2) is 65.9 Å². The monoisotopic (exact) mass is 487 g/mol. The first-order valence-electron chi connectivity index (χ1n) is 10.5. The topological polar surface area (TPSA) is 94.9 Å². The molecule has 1 heterocycles. The van der Waals surface area contributed by atoms with Crippen LogP contribution in [0.3, 0.4) is 0 Å².